The minimum atomic E-state index is -0.274. The van der Waals surface area contributed by atoms with Gasteiger partial charge in [0.2, 0.25) is 0 Å². The molecule has 3 rings (SSSR count). The van der Waals surface area contributed by atoms with Gasteiger partial charge in [-0.3, -0.25) is 0 Å². The van der Waals surface area contributed by atoms with Crippen LogP contribution >= 0.6 is 23.2 Å². The van der Waals surface area contributed by atoms with Crippen LogP contribution in [0.25, 0.3) is 16.7 Å². The smallest absolute Gasteiger partial charge is 0.146 e. The van der Waals surface area contributed by atoms with Crippen LogP contribution in [0.3, 0.4) is 0 Å². The molecule has 0 aliphatic carbocycles. The van der Waals surface area contributed by atoms with Crippen LogP contribution in [0.5, 0.6) is 5.75 Å². The van der Waals surface area contributed by atoms with Gasteiger partial charge in [0.05, 0.1) is 10.0 Å². The molecule has 0 aliphatic heterocycles. The molecule has 0 aliphatic rings. The van der Waals surface area contributed by atoms with Crippen LogP contribution in [0.2, 0.25) is 10.0 Å². The number of aliphatic hydroxyl groups excluding tert-OH is 1. The predicted molar refractivity (Wildman–Crippen MR) is 100 cm³/mol. The van der Waals surface area contributed by atoms with Gasteiger partial charge in [0, 0.05) is 12.2 Å². The van der Waals surface area contributed by atoms with Crippen molar-refractivity contribution in [2.45, 2.75) is 32.6 Å². The highest BCUT2D eigenvalue weighted by Gasteiger charge is 2.23. The third-order valence-electron chi connectivity index (χ3n) is 4.00. The number of phenolic OH excluding ortho intramolecular Hbond substituents is 1. The number of hydrogen-bond donors (Lipinski definition) is 2. The summed E-state index contributed by atoms with van der Waals surface area (Å²) in [7, 11) is 0. The van der Waals surface area contributed by atoms with E-state index in [1.165, 1.54) is 4.80 Å². The van der Waals surface area contributed by atoms with Crippen molar-refractivity contribution in [1.82, 2.24) is 15.0 Å². The quantitative estimate of drug-likeness (QED) is 0.712. The zero-order valence-electron chi connectivity index (χ0n) is 14.2. The molecule has 0 fully saturated rings. The van der Waals surface area contributed by atoms with Crippen LogP contribution in [0.15, 0.2) is 24.3 Å². The van der Waals surface area contributed by atoms with E-state index < -0.39 is 0 Å². The predicted octanol–water partition coefficient (Wildman–Crippen LogP) is 4.27. The third-order valence-corrected chi connectivity index (χ3v) is 4.72. The summed E-state index contributed by atoms with van der Waals surface area (Å²) in [4.78, 5) is 1.38. The molecule has 2 aromatic carbocycles. The first-order valence-electron chi connectivity index (χ1n) is 7.90. The molecule has 25 heavy (non-hydrogen) atoms. The second kappa shape index (κ2) is 6.48. The van der Waals surface area contributed by atoms with E-state index in [1.807, 2.05) is 26.8 Å². The monoisotopic (exact) mass is 379 g/mol. The molecule has 0 atom stereocenters. The highest BCUT2D eigenvalue weighted by atomic mass is 35.5. The minimum absolute atomic E-state index is 0.0214. The van der Waals surface area contributed by atoms with Crippen molar-refractivity contribution in [2.75, 3.05) is 6.61 Å². The summed E-state index contributed by atoms with van der Waals surface area (Å²) in [5, 5.41) is 29.7. The average molecular weight is 380 g/mol. The van der Waals surface area contributed by atoms with Gasteiger partial charge in [-0.25, -0.2) is 0 Å². The highest BCUT2D eigenvalue weighted by Crippen LogP contribution is 2.36. The Hall–Kier alpha value is -1.82. The first-order chi connectivity index (χ1) is 11.7. The van der Waals surface area contributed by atoms with Crippen LogP contribution in [-0.4, -0.2) is 31.8 Å². The Bertz CT molecular complexity index is 907. The summed E-state index contributed by atoms with van der Waals surface area (Å²) in [6.07, 6.45) is 0.481. The zero-order valence-corrected chi connectivity index (χ0v) is 15.7. The van der Waals surface area contributed by atoms with Gasteiger partial charge in [0.1, 0.15) is 22.5 Å². The van der Waals surface area contributed by atoms with E-state index in [4.69, 9.17) is 23.2 Å². The van der Waals surface area contributed by atoms with Crippen LogP contribution in [0, 0.1) is 0 Å². The number of benzene rings is 2. The number of hydrogen-bond acceptors (Lipinski definition) is 4. The molecule has 1 aromatic heterocycles. The zero-order chi connectivity index (χ0) is 18.4. The first kappa shape index (κ1) is 18.0. The lowest BCUT2D eigenvalue weighted by atomic mass is 9.84. The molecule has 2 N–H and O–H groups in total. The molecule has 0 radical (unpaired) electrons. The fourth-order valence-electron chi connectivity index (χ4n) is 2.70. The molecular weight excluding hydrogens is 361 g/mol. The molecule has 0 saturated carbocycles. The largest absolute Gasteiger partial charge is 0.505 e. The lowest BCUT2D eigenvalue weighted by Gasteiger charge is -2.23. The van der Waals surface area contributed by atoms with E-state index in [0.29, 0.717) is 33.2 Å². The molecule has 3 aromatic rings. The molecule has 5 nitrogen and oxygen atoms in total. The number of aromatic nitrogens is 3. The second-order valence-electron chi connectivity index (χ2n) is 6.98. The molecular formula is C18H19Cl2N3O2. The van der Waals surface area contributed by atoms with Crippen LogP contribution < -0.4 is 0 Å². The van der Waals surface area contributed by atoms with Gasteiger partial charge in [-0.2, -0.15) is 0 Å². The van der Waals surface area contributed by atoms with Gasteiger partial charge < -0.3 is 10.2 Å². The lowest BCUT2D eigenvalue weighted by Crippen LogP contribution is -2.14. The van der Waals surface area contributed by atoms with E-state index >= 15 is 0 Å². The Labute approximate surface area is 155 Å². The number of phenols is 1. The number of rotatable bonds is 3. The van der Waals surface area contributed by atoms with Gasteiger partial charge in [0.25, 0.3) is 0 Å². The summed E-state index contributed by atoms with van der Waals surface area (Å²) in [6, 6.07) is 6.97. The van der Waals surface area contributed by atoms with Crippen molar-refractivity contribution in [2.24, 2.45) is 0 Å². The SMILES string of the molecule is CC(C)(C)c1cc(CCO)cc(-n2nc3cc(Cl)c(Cl)cc3n2)c1O. The molecule has 0 unspecified atom stereocenters. The summed E-state index contributed by atoms with van der Waals surface area (Å²) in [6.45, 7) is 6.07. The Morgan fingerprint density at radius 3 is 2.04 bits per heavy atom. The minimum Gasteiger partial charge on any atom is -0.505 e. The summed E-state index contributed by atoms with van der Waals surface area (Å²) in [5.41, 5.74) is 3.02. The van der Waals surface area contributed by atoms with Crippen LogP contribution in [0.4, 0.5) is 0 Å². The third kappa shape index (κ3) is 3.45. The van der Waals surface area contributed by atoms with Gasteiger partial charge in [-0.05, 0) is 35.6 Å². The number of halogens is 2. The van der Waals surface area contributed by atoms with E-state index in [9.17, 15) is 10.2 Å². The van der Waals surface area contributed by atoms with Crippen molar-refractivity contribution in [3.05, 3.63) is 45.4 Å². The van der Waals surface area contributed by atoms with Crippen LogP contribution in [-0.2, 0) is 11.8 Å². The van der Waals surface area contributed by atoms with Gasteiger partial charge >= 0.3 is 0 Å². The van der Waals surface area contributed by atoms with Crippen molar-refractivity contribution in [3.8, 4) is 11.4 Å². The molecule has 0 spiro atoms. The average Bonchev–Trinajstić information content (AvgIpc) is 2.91. The first-order valence-corrected chi connectivity index (χ1v) is 8.66. The maximum Gasteiger partial charge on any atom is 0.146 e. The van der Waals surface area contributed by atoms with Crippen LogP contribution in [0.1, 0.15) is 31.9 Å². The van der Waals surface area contributed by atoms with Gasteiger partial charge in [-0.15, -0.1) is 15.0 Å². The highest BCUT2D eigenvalue weighted by molar-refractivity contribution is 6.42. The van der Waals surface area contributed by atoms with Crippen molar-refractivity contribution in [3.63, 3.8) is 0 Å². The van der Waals surface area contributed by atoms with Crippen molar-refractivity contribution >= 4 is 34.2 Å². The molecule has 0 amide bonds. The molecule has 1 heterocycles. The Kier molecular flexibility index (Phi) is 4.66. The Morgan fingerprint density at radius 1 is 1.00 bits per heavy atom. The lowest BCUT2D eigenvalue weighted by molar-refractivity contribution is 0.299. The standard InChI is InChI=1S/C18H19Cl2N3O2/c1-18(2,3)11-6-10(4-5-24)7-16(17(11)25)23-21-14-8-12(19)13(20)9-15(14)22-23/h6-9,24-25H,4-5H2,1-3H3. The van der Waals surface area contributed by atoms with E-state index in [-0.39, 0.29) is 17.8 Å². The van der Waals surface area contributed by atoms with E-state index in [2.05, 4.69) is 10.2 Å². The number of fused-ring (bicyclic) bond motifs is 1. The number of nitrogens with zero attached hydrogens (tertiary/aromatic N) is 3. The summed E-state index contributed by atoms with van der Waals surface area (Å²) in [5.74, 6) is 0.117. The van der Waals surface area contributed by atoms with E-state index in [0.717, 1.165) is 11.1 Å². The van der Waals surface area contributed by atoms with E-state index in [1.54, 1.807) is 18.2 Å². The topological polar surface area (TPSA) is 71.2 Å². The Morgan fingerprint density at radius 2 is 1.56 bits per heavy atom. The van der Waals surface area contributed by atoms with Crippen molar-refractivity contribution in [1.29, 1.82) is 0 Å². The van der Waals surface area contributed by atoms with Gasteiger partial charge in [-0.1, -0.05) is 50.0 Å². The molecule has 0 bridgehead atoms. The number of aromatic hydroxyl groups is 1. The number of aliphatic hydroxyl groups is 1. The summed E-state index contributed by atoms with van der Waals surface area (Å²) < 4.78 is 0. The molecule has 132 valence electrons. The maximum absolute atomic E-state index is 10.8. The maximum atomic E-state index is 10.8. The second-order valence-corrected chi connectivity index (χ2v) is 7.79. The fourth-order valence-corrected chi connectivity index (χ4v) is 3.01. The Balaban J connectivity index is 2.23. The summed E-state index contributed by atoms with van der Waals surface area (Å²) >= 11 is 12.1. The molecule has 7 heteroatoms. The van der Waals surface area contributed by atoms with Gasteiger partial charge in [0.15, 0.2) is 0 Å². The van der Waals surface area contributed by atoms with Crippen molar-refractivity contribution < 1.29 is 10.2 Å². The molecule has 0 saturated heterocycles. The normalized spacial score (nSPS) is 12.1. The fraction of sp³-hybridized carbons (Fsp3) is 0.333.